The van der Waals surface area contributed by atoms with Crippen LogP contribution in [0.5, 0.6) is 11.5 Å². The molecule has 3 rings (SSSR count). The average Bonchev–Trinajstić information content (AvgIpc) is 3.20. The third-order valence-electron chi connectivity index (χ3n) is 5.03. The second-order valence-electron chi connectivity index (χ2n) is 7.07. The van der Waals surface area contributed by atoms with Crippen LogP contribution in [0.25, 0.3) is 27.7 Å². The van der Waals surface area contributed by atoms with Gasteiger partial charge in [-0.3, -0.25) is 4.79 Å². The number of furan rings is 1. The topological polar surface area (TPSA) is 69.9 Å². The van der Waals surface area contributed by atoms with Crippen LogP contribution in [0.3, 0.4) is 0 Å². The number of hydrogen-bond donors (Lipinski definition) is 1. The molecule has 0 aliphatic carbocycles. The largest absolute Gasteiger partial charge is 0.496 e. The summed E-state index contributed by atoms with van der Waals surface area (Å²) in [5, 5.41) is 3.81. The monoisotopic (exact) mass is 423 g/mol. The zero-order valence-electron chi connectivity index (χ0n) is 18.5. The van der Waals surface area contributed by atoms with Crippen LogP contribution in [0.2, 0.25) is 0 Å². The third-order valence-corrected chi connectivity index (χ3v) is 5.03. The molecular formula is C25H29NO5. The Morgan fingerprint density at radius 1 is 1.10 bits per heavy atom. The number of rotatable bonds is 10. The van der Waals surface area contributed by atoms with Gasteiger partial charge >= 0.3 is 0 Å². The Bertz CT molecular complexity index is 1070. The van der Waals surface area contributed by atoms with Crippen molar-refractivity contribution in [3.63, 3.8) is 0 Å². The summed E-state index contributed by atoms with van der Waals surface area (Å²) >= 11 is 0. The number of allylic oxidation sites excluding steroid dienone is 1. The minimum atomic E-state index is -0.145. The molecule has 0 aliphatic heterocycles. The fourth-order valence-electron chi connectivity index (χ4n) is 3.46. The van der Waals surface area contributed by atoms with Gasteiger partial charge in [0.2, 0.25) is 5.91 Å². The fourth-order valence-corrected chi connectivity index (χ4v) is 3.46. The van der Waals surface area contributed by atoms with E-state index in [4.69, 9.17) is 18.6 Å². The van der Waals surface area contributed by atoms with Crippen molar-refractivity contribution in [2.24, 2.45) is 0 Å². The Kier molecular flexibility index (Phi) is 7.73. The average molecular weight is 424 g/mol. The number of hydrogen-bond acceptors (Lipinski definition) is 5. The highest BCUT2D eigenvalue weighted by atomic mass is 16.5. The minimum absolute atomic E-state index is 0.145. The van der Waals surface area contributed by atoms with E-state index in [1.54, 1.807) is 26.6 Å². The van der Waals surface area contributed by atoms with E-state index in [0.717, 1.165) is 39.8 Å². The van der Waals surface area contributed by atoms with Crippen molar-refractivity contribution in [3.8, 4) is 22.6 Å². The quantitative estimate of drug-likeness (QED) is 0.364. The summed E-state index contributed by atoms with van der Waals surface area (Å²) in [6.45, 7) is 5.73. The van der Waals surface area contributed by atoms with Gasteiger partial charge in [-0.05, 0) is 38.0 Å². The lowest BCUT2D eigenvalue weighted by molar-refractivity contribution is -0.116. The van der Waals surface area contributed by atoms with Crippen molar-refractivity contribution in [2.75, 3.05) is 34.0 Å². The van der Waals surface area contributed by atoms with Crippen molar-refractivity contribution in [3.05, 3.63) is 54.3 Å². The molecule has 0 unspecified atom stereocenters. The molecule has 0 spiro atoms. The SMILES string of the molecule is CCOCCCNC(=O)/C=C(\C)c1cc2c(-c3ccccc3OC)coc2cc1OC. The summed E-state index contributed by atoms with van der Waals surface area (Å²) < 4.78 is 22.2. The molecule has 0 aliphatic rings. The molecule has 0 fully saturated rings. The second-order valence-corrected chi connectivity index (χ2v) is 7.07. The Morgan fingerprint density at radius 2 is 1.87 bits per heavy atom. The van der Waals surface area contributed by atoms with Gasteiger partial charge in [-0.25, -0.2) is 0 Å². The van der Waals surface area contributed by atoms with Crippen molar-refractivity contribution >= 4 is 22.4 Å². The van der Waals surface area contributed by atoms with E-state index < -0.39 is 0 Å². The number of benzene rings is 2. The molecule has 1 aromatic heterocycles. The van der Waals surface area contributed by atoms with Crippen LogP contribution < -0.4 is 14.8 Å². The summed E-state index contributed by atoms with van der Waals surface area (Å²) in [7, 11) is 3.26. The predicted molar refractivity (Wildman–Crippen MR) is 123 cm³/mol. The highest BCUT2D eigenvalue weighted by Gasteiger charge is 2.16. The van der Waals surface area contributed by atoms with E-state index in [2.05, 4.69) is 5.32 Å². The maximum absolute atomic E-state index is 12.3. The maximum Gasteiger partial charge on any atom is 0.244 e. The Balaban J connectivity index is 1.92. The van der Waals surface area contributed by atoms with Gasteiger partial charge in [0.1, 0.15) is 17.1 Å². The Labute approximate surface area is 182 Å². The summed E-state index contributed by atoms with van der Waals surface area (Å²) in [4.78, 5) is 12.3. The van der Waals surface area contributed by atoms with Gasteiger partial charge in [-0.2, -0.15) is 0 Å². The molecule has 1 amide bonds. The molecule has 3 aromatic rings. The van der Waals surface area contributed by atoms with Crippen LogP contribution in [0.4, 0.5) is 0 Å². The lowest BCUT2D eigenvalue weighted by Crippen LogP contribution is -2.23. The first-order valence-corrected chi connectivity index (χ1v) is 10.4. The predicted octanol–water partition coefficient (Wildman–Crippen LogP) is 5.06. The van der Waals surface area contributed by atoms with Gasteiger partial charge in [0.15, 0.2) is 0 Å². The molecule has 164 valence electrons. The number of carbonyl (C=O) groups excluding carboxylic acids is 1. The minimum Gasteiger partial charge on any atom is -0.496 e. The van der Waals surface area contributed by atoms with Crippen molar-refractivity contribution < 1.29 is 23.4 Å². The molecule has 0 saturated carbocycles. The fraction of sp³-hybridized carbons (Fsp3) is 0.320. The number of methoxy groups -OCH3 is 2. The first-order chi connectivity index (χ1) is 15.1. The summed E-state index contributed by atoms with van der Waals surface area (Å²) in [5.41, 5.74) is 4.19. The van der Waals surface area contributed by atoms with Crippen molar-refractivity contribution in [1.82, 2.24) is 5.32 Å². The molecule has 2 aromatic carbocycles. The number of carbonyl (C=O) groups is 1. The van der Waals surface area contributed by atoms with E-state index in [1.807, 2.05) is 50.2 Å². The molecule has 31 heavy (non-hydrogen) atoms. The molecule has 1 N–H and O–H groups in total. The smallest absolute Gasteiger partial charge is 0.244 e. The van der Waals surface area contributed by atoms with E-state index in [0.29, 0.717) is 31.1 Å². The van der Waals surface area contributed by atoms with Gasteiger partial charge in [0.05, 0.1) is 20.5 Å². The first kappa shape index (κ1) is 22.4. The highest BCUT2D eigenvalue weighted by Crippen LogP contribution is 2.40. The van der Waals surface area contributed by atoms with E-state index >= 15 is 0 Å². The summed E-state index contributed by atoms with van der Waals surface area (Å²) in [6, 6.07) is 11.6. The summed E-state index contributed by atoms with van der Waals surface area (Å²) in [6.07, 6.45) is 4.09. The number of para-hydroxylation sites is 1. The molecule has 6 nitrogen and oxygen atoms in total. The van der Waals surface area contributed by atoms with Gasteiger partial charge in [0, 0.05) is 54.0 Å². The first-order valence-electron chi connectivity index (χ1n) is 10.4. The molecule has 0 saturated heterocycles. The molecule has 0 atom stereocenters. The zero-order chi connectivity index (χ0) is 22.2. The van der Waals surface area contributed by atoms with Crippen LogP contribution in [-0.2, 0) is 9.53 Å². The molecule has 1 heterocycles. The third kappa shape index (κ3) is 5.27. The van der Waals surface area contributed by atoms with E-state index in [9.17, 15) is 4.79 Å². The molecular weight excluding hydrogens is 394 g/mol. The normalized spacial score (nSPS) is 11.5. The van der Waals surface area contributed by atoms with Crippen molar-refractivity contribution in [1.29, 1.82) is 0 Å². The molecule has 0 radical (unpaired) electrons. The lowest BCUT2D eigenvalue weighted by atomic mass is 9.98. The maximum atomic E-state index is 12.3. The van der Waals surface area contributed by atoms with Crippen LogP contribution in [0.1, 0.15) is 25.8 Å². The number of ether oxygens (including phenoxy) is 3. The number of amides is 1. The van der Waals surface area contributed by atoms with Gasteiger partial charge in [0.25, 0.3) is 0 Å². The van der Waals surface area contributed by atoms with Crippen LogP contribution in [0.15, 0.2) is 53.2 Å². The molecule has 0 bridgehead atoms. The van der Waals surface area contributed by atoms with Crippen LogP contribution >= 0.6 is 0 Å². The molecule has 6 heteroatoms. The van der Waals surface area contributed by atoms with Crippen LogP contribution in [0, 0.1) is 0 Å². The number of fused-ring (bicyclic) bond motifs is 1. The van der Waals surface area contributed by atoms with Crippen molar-refractivity contribution in [2.45, 2.75) is 20.3 Å². The number of nitrogens with one attached hydrogen (secondary N) is 1. The van der Waals surface area contributed by atoms with Gasteiger partial charge in [-0.1, -0.05) is 18.2 Å². The second kappa shape index (κ2) is 10.7. The van der Waals surface area contributed by atoms with E-state index in [1.165, 1.54) is 0 Å². The Hall–Kier alpha value is -3.25. The zero-order valence-corrected chi connectivity index (χ0v) is 18.5. The lowest BCUT2D eigenvalue weighted by Gasteiger charge is -2.11. The summed E-state index contributed by atoms with van der Waals surface area (Å²) in [5.74, 6) is 1.26. The standard InChI is InChI=1S/C25H29NO5/c1-5-30-12-8-11-26-25(27)13-17(2)19-14-20-21(16-31-24(20)15-23(19)29-4)18-9-6-7-10-22(18)28-3/h6-7,9-10,13-16H,5,8,11-12H2,1-4H3,(H,26,27)/b17-13+. The van der Waals surface area contributed by atoms with Crippen LogP contribution in [-0.4, -0.2) is 39.9 Å². The van der Waals surface area contributed by atoms with E-state index in [-0.39, 0.29) is 5.91 Å². The highest BCUT2D eigenvalue weighted by molar-refractivity contribution is 6.01. The van der Waals surface area contributed by atoms with Gasteiger partial charge in [-0.15, -0.1) is 0 Å². The Morgan fingerprint density at radius 3 is 2.61 bits per heavy atom. The van der Waals surface area contributed by atoms with Gasteiger partial charge < -0.3 is 23.9 Å².